The zero-order chi connectivity index (χ0) is 15.2. The second-order valence-electron chi connectivity index (χ2n) is 4.71. The van der Waals surface area contributed by atoms with Gasteiger partial charge >= 0.3 is 5.69 Å². The number of nitrogens with one attached hydrogen (secondary N) is 1. The van der Waals surface area contributed by atoms with Gasteiger partial charge in [0.2, 0.25) is 5.82 Å². The van der Waals surface area contributed by atoms with Crippen molar-refractivity contribution in [2.75, 3.05) is 23.8 Å². The van der Waals surface area contributed by atoms with Crippen LogP contribution < -0.4 is 10.2 Å². The lowest BCUT2D eigenvalue weighted by atomic mass is 10.3. The van der Waals surface area contributed by atoms with Gasteiger partial charge in [-0.15, -0.1) is 0 Å². The molecule has 1 N–H and O–H groups in total. The van der Waals surface area contributed by atoms with E-state index >= 15 is 0 Å². The van der Waals surface area contributed by atoms with Crippen LogP contribution in [0.15, 0.2) is 35.1 Å². The average molecular weight is 290 g/mol. The maximum atomic E-state index is 11.2. The van der Waals surface area contributed by atoms with E-state index in [1.807, 2.05) is 13.0 Å². The van der Waals surface area contributed by atoms with Gasteiger partial charge in [-0.1, -0.05) is 6.92 Å². The molecule has 0 saturated carbocycles. The Morgan fingerprint density at radius 3 is 2.86 bits per heavy atom. The highest BCUT2D eigenvalue weighted by Crippen LogP contribution is 2.28. The van der Waals surface area contributed by atoms with Crippen LogP contribution >= 0.6 is 0 Å². The lowest BCUT2D eigenvalue weighted by molar-refractivity contribution is -0.384. The normalized spacial score (nSPS) is 10.4. The largest absolute Gasteiger partial charge is 0.472 e. The molecule has 2 rings (SSSR count). The van der Waals surface area contributed by atoms with Crippen molar-refractivity contribution in [2.45, 2.75) is 19.9 Å². The minimum Gasteiger partial charge on any atom is -0.472 e. The van der Waals surface area contributed by atoms with E-state index in [4.69, 9.17) is 4.42 Å². The van der Waals surface area contributed by atoms with E-state index in [-0.39, 0.29) is 5.69 Å². The fourth-order valence-corrected chi connectivity index (χ4v) is 1.95. The van der Waals surface area contributed by atoms with E-state index in [1.54, 1.807) is 30.5 Å². The van der Waals surface area contributed by atoms with Gasteiger partial charge in [-0.2, -0.15) is 0 Å². The Morgan fingerprint density at radius 2 is 2.24 bits per heavy atom. The highest BCUT2D eigenvalue weighted by atomic mass is 16.6. The topological polar surface area (TPSA) is 84.4 Å². The summed E-state index contributed by atoms with van der Waals surface area (Å²) < 4.78 is 5.01. The van der Waals surface area contributed by atoms with Crippen molar-refractivity contribution in [3.63, 3.8) is 0 Å². The molecule has 0 radical (unpaired) electrons. The van der Waals surface area contributed by atoms with Crippen LogP contribution in [0.5, 0.6) is 0 Å². The van der Waals surface area contributed by atoms with E-state index in [9.17, 15) is 10.1 Å². The Morgan fingerprint density at radius 1 is 1.43 bits per heavy atom. The number of rotatable bonds is 7. The van der Waals surface area contributed by atoms with Gasteiger partial charge in [0.05, 0.1) is 17.4 Å². The van der Waals surface area contributed by atoms with Gasteiger partial charge < -0.3 is 14.6 Å². The first-order valence-corrected chi connectivity index (χ1v) is 6.73. The lowest BCUT2D eigenvalue weighted by Gasteiger charge is -2.18. The van der Waals surface area contributed by atoms with Gasteiger partial charge in [-0.3, -0.25) is 10.1 Å². The molecule has 2 aromatic rings. The van der Waals surface area contributed by atoms with Gasteiger partial charge in [0.15, 0.2) is 0 Å². The molecule has 112 valence electrons. The quantitative estimate of drug-likeness (QED) is 0.623. The zero-order valence-electron chi connectivity index (χ0n) is 12.1. The van der Waals surface area contributed by atoms with Crippen LogP contribution in [0, 0.1) is 10.1 Å². The molecule has 0 spiro atoms. The molecule has 2 heterocycles. The summed E-state index contributed by atoms with van der Waals surface area (Å²) in [6, 6.07) is 4.93. The number of hydrogen-bond donors (Lipinski definition) is 1. The van der Waals surface area contributed by atoms with Crippen molar-refractivity contribution in [2.24, 2.45) is 0 Å². The molecule has 0 aliphatic carbocycles. The van der Waals surface area contributed by atoms with Crippen molar-refractivity contribution in [3.8, 4) is 0 Å². The highest BCUT2D eigenvalue weighted by molar-refractivity contribution is 5.61. The van der Waals surface area contributed by atoms with Crippen molar-refractivity contribution < 1.29 is 9.34 Å². The SMILES string of the molecule is CCCNc1ccc([N+](=O)[O-])c(N(C)Cc2ccoc2)n1. The third kappa shape index (κ3) is 3.71. The molecule has 0 aromatic carbocycles. The van der Waals surface area contributed by atoms with Crippen LogP contribution in [0.25, 0.3) is 0 Å². The third-order valence-corrected chi connectivity index (χ3v) is 2.97. The smallest absolute Gasteiger partial charge is 0.311 e. The van der Waals surface area contributed by atoms with Crippen LogP contribution in [0.3, 0.4) is 0 Å². The Bertz CT molecular complexity index is 598. The van der Waals surface area contributed by atoms with E-state index in [2.05, 4.69) is 10.3 Å². The Balaban J connectivity index is 2.26. The fraction of sp³-hybridized carbons (Fsp3) is 0.357. The Labute approximate surface area is 122 Å². The monoisotopic (exact) mass is 290 g/mol. The molecule has 0 aliphatic rings. The van der Waals surface area contributed by atoms with Crippen molar-refractivity contribution >= 4 is 17.3 Å². The molecule has 0 amide bonds. The van der Waals surface area contributed by atoms with Crippen molar-refractivity contribution in [1.29, 1.82) is 0 Å². The maximum absolute atomic E-state index is 11.2. The second kappa shape index (κ2) is 6.74. The summed E-state index contributed by atoms with van der Waals surface area (Å²) in [6.07, 6.45) is 4.14. The summed E-state index contributed by atoms with van der Waals surface area (Å²) in [5.74, 6) is 0.971. The first kappa shape index (κ1) is 14.8. The molecule has 0 fully saturated rings. The van der Waals surface area contributed by atoms with Crippen LogP contribution in [-0.2, 0) is 6.54 Å². The summed E-state index contributed by atoms with van der Waals surface area (Å²) in [7, 11) is 1.77. The van der Waals surface area contributed by atoms with Crippen LogP contribution in [0.1, 0.15) is 18.9 Å². The van der Waals surface area contributed by atoms with E-state index in [0.29, 0.717) is 18.2 Å². The number of aromatic nitrogens is 1. The van der Waals surface area contributed by atoms with Crippen molar-refractivity contribution in [3.05, 3.63) is 46.4 Å². The molecule has 7 heteroatoms. The summed E-state index contributed by atoms with van der Waals surface area (Å²) >= 11 is 0. The molecule has 2 aromatic heterocycles. The summed E-state index contributed by atoms with van der Waals surface area (Å²) in [6.45, 7) is 3.31. The zero-order valence-corrected chi connectivity index (χ0v) is 12.1. The standard InChI is InChI=1S/C14H18N4O3/c1-3-7-15-13-5-4-12(18(19)20)14(16-13)17(2)9-11-6-8-21-10-11/h4-6,8,10H,3,7,9H2,1-2H3,(H,15,16). The Kier molecular flexibility index (Phi) is 4.76. The van der Waals surface area contributed by atoms with Crippen molar-refractivity contribution in [1.82, 2.24) is 4.98 Å². The van der Waals surface area contributed by atoms with Gasteiger partial charge in [0.25, 0.3) is 0 Å². The number of nitrogens with zero attached hydrogens (tertiary/aromatic N) is 3. The molecule has 0 unspecified atom stereocenters. The summed E-state index contributed by atoms with van der Waals surface area (Å²) in [4.78, 5) is 16.8. The predicted octanol–water partition coefficient (Wildman–Crippen LogP) is 3.04. The third-order valence-electron chi connectivity index (χ3n) is 2.97. The molecular formula is C14H18N4O3. The molecule has 0 aliphatic heterocycles. The van der Waals surface area contributed by atoms with Crippen LogP contribution in [0.2, 0.25) is 0 Å². The first-order valence-electron chi connectivity index (χ1n) is 6.73. The van der Waals surface area contributed by atoms with Crippen LogP contribution in [-0.4, -0.2) is 23.5 Å². The van der Waals surface area contributed by atoms with E-state index < -0.39 is 4.92 Å². The maximum Gasteiger partial charge on any atom is 0.311 e. The molecule has 7 nitrogen and oxygen atoms in total. The number of pyridine rings is 1. The average Bonchev–Trinajstić information content (AvgIpc) is 2.97. The number of hydrogen-bond acceptors (Lipinski definition) is 6. The lowest BCUT2D eigenvalue weighted by Crippen LogP contribution is -2.19. The minimum atomic E-state index is -0.419. The van der Waals surface area contributed by atoms with Gasteiger partial charge in [-0.25, -0.2) is 4.98 Å². The van der Waals surface area contributed by atoms with Gasteiger partial charge in [0.1, 0.15) is 5.82 Å². The Hall–Kier alpha value is -2.57. The molecular weight excluding hydrogens is 272 g/mol. The predicted molar refractivity (Wildman–Crippen MR) is 80.5 cm³/mol. The van der Waals surface area contributed by atoms with E-state index in [1.165, 1.54) is 6.07 Å². The summed E-state index contributed by atoms with van der Waals surface area (Å²) in [5, 5.41) is 14.3. The van der Waals surface area contributed by atoms with Gasteiger partial charge in [0, 0.05) is 31.8 Å². The fourth-order valence-electron chi connectivity index (χ4n) is 1.95. The summed E-state index contributed by atoms with van der Waals surface area (Å²) in [5.41, 5.74) is 0.920. The number of anilines is 2. The first-order chi connectivity index (χ1) is 10.1. The number of furan rings is 1. The molecule has 0 saturated heterocycles. The van der Waals surface area contributed by atoms with Gasteiger partial charge in [-0.05, 0) is 18.6 Å². The molecule has 21 heavy (non-hydrogen) atoms. The van der Waals surface area contributed by atoms with Crippen LogP contribution in [0.4, 0.5) is 17.3 Å². The molecule has 0 atom stereocenters. The molecule has 0 bridgehead atoms. The second-order valence-corrected chi connectivity index (χ2v) is 4.71. The van der Waals surface area contributed by atoms with E-state index in [0.717, 1.165) is 18.5 Å². The number of nitro groups is 1. The highest BCUT2D eigenvalue weighted by Gasteiger charge is 2.20. The minimum absolute atomic E-state index is 0.0111.